The third-order valence-corrected chi connectivity index (χ3v) is 3.11. The van der Waals surface area contributed by atoms with Crippen molar-refractivity contribution in [3.8, 4) is 5.75 Å². The van der Waals surface area contributed by atoms with Gasteiger partial charge in [0.05, 0.1) is 11.9 Å². The van der Waals surface area contributed by atoms with E-state index in [0.29, 0.717) is 12.6 Å². The summed E-state index contributed by atoms with van der Waals surface area (Å²) in [6, 6.07) is 11.7. The average molecular weight is 277 g/mol. The quantitative estimate of drug-likeness (QED) is 0.882. The molecule has 1 aromatic carbocycles. The minimum absolute atomic E-state index is 0.190. The van der Waals surface area contributed by atoms with E-state index in [1.165, 1.54) is 11.8 Å². The number of nitrogens with one attached hydrogen (secondary N) is 1. The number of aromatic hydroxyl groups is 1. The van der Waals surface area contributed by atoms with Gasteiger partial charge in [-0.15, -0.1) is 0 Å². The third-order valence-electron chi connectivity index (χ3n) is 2.87. The van der Waals surface area contributed by atoms with E-state index in [2.05, 4.69) is 23.3 Å². The van der Waals surface area contributed by atoms with Crippen LogP contribution in [0.15, 0.2) is 42.6 Å². The van der Waals surface area contributed by atoms with Gasteiger partial charge in [-0.3, -0.25) is 4.98 Å². The molecule has 19 heavy (non-hydrogen) atoms. The van der Waals surface area contributed by atoms with Gasteiger partial charge < -0.3 is 10.4 Å². The van der Waals surface area contributed by atoms with Crippen LogP contribution < -0.4 is 5.32 Å². The highest BCUT2D eigenvalue weighted by molar-refractivity contribution is 6.30. The molecule has 0 saturated carbocycles. The van der Waals surface area contributed by atoms with Crippen LogP contribution in [0.5, 0.6) is 5.75 Å². The normalized spacial score (nSPS) is 12.3. The Morgan fingerprint density at radius 2 is 2.16 bits per heavy atom. The monoisotopic (exact) mass is 276 g/mol. The maximum absolute atomic E-state index is 9.16. The molecule has 3 nitrogen and oxygen atoms in total. The molecule has 1 heterocycles. The maximum Gasteiger partial charge on any atom is 0.133 e. The lowest BCUT2D eigenvalue weighted by atomic mass is 10.1. The zero-order chi connectivity index (χ0) is 13.7. The van der Waals surface area contributed by atoms with E-state index in [0.717, 1.165) is 17.1 Å². The van der Waals surface area contributed by atoms with Crippen molar-refractivity contribution in [2.24, 2.45) is 0 Å². The second-order valence-electron chi connectivity index (χ2n) is 4.62. The predicted molar refractivity (Wildman–Crippen MR) is 77.4 cm³/mol. The van der Waals surface area contributed by atoms with Crippen LogP contribution in [0.25, 0.3) is 0 Å². The molecule has 0 saturated heterocycles. The van der Waals surface area contributed by atoms with Crippen LogP contribution in [-0.2, 0) is 13.0 Å². The molecule has 0 bridgehead atoms. The minimum Gasteiger partial charge on any atom is -0.506 e. The molecule has 0 amide bonds. The van der Waals surface area contributed by atoms with Crippen LogP contribution in [0.4, 0.5) is 0 Å². The van der Waals surface area contributed by atoms with Crippen LogP contribution in [-0.4, -0.2) is 16.1 Å². The first-order valence-corrected chi connectivity index (χ1v) is 6.63. The van der Waals surface area contributed by atoms with Crippen molar-refractivity contribution < 1.29 is 5.11 Å². The van der Waals surface area contributed by atoms with E-state index in [-0.39, 0.29) is 5.75 Å². The lowest BCUT2D eigenvalue weighted by Gasteiger charge is -2.13. The van der Waals surface area contributed by atoms with Gasteiger partial charge in [-0.05, 0) is 43.2 Å². The smallest absolute Gasteiger partial charge is 0.133 e. The van der Waals surface area contributed by atoms with Gasteiger partial charge in [0, 0.05) is 17.6 Å². The van der Waals surface area contributed by atoms with Crippen molar-refractivity contribution in [2.75, 3.05) is 0 Å². The highest BCUT2D eigenvalue weighted by atomic mass is 35.5. The summed E-state index contributed by atoms with van der Waals surface area (Å²) in [6.45, 7) is 2.81. The first-order valence-electron chi connectivity index (χ1n) is 6.25. The molecule has 100 valence electrons. The van der Waals surface area contributed by atoms with Crippen molar-refractivity contribution in [3.63, 3.8) is 0 Å². The van der Waals surface area contributed by atoms with Gasteiger partial charge in [-0.1, -0.05) is 23.7 Å². The summed E-state index contributed by atoms with van der Waals surface area (Å²) in [5.41, 5.74) is 2.13. The van der Waals surface area contributed by atoms with E-state index in [4.69, 9.17) is 16.7 Å². The largest absolute Gasteiger partial charge is 0.506 e. The number of pyridine rings is 1. The van der Waals surface area contributed by atoms with E-state index in [9.17, 15) is 0 Å². The number of benzene rings is 1. The Kier molecular flexibility index (Phi) is 4.77. The first kappa shape index (κ1) is 13.8. The Balaban J connectivity index is 1.84. The Labute approximate surface area is 118 Å². The second-order valence-corrected chi connectivity index (χ2v) is 5.06. The lowest BCUT2D eigenvalue weighted by molar-refractivity contribution is 0.471. The minimum atomic E-state index is 0.190. The maximum atomic E-state index is 9.16. The van der Waals surface area contributed by atoms with E-state index in [1.807, 2.05) is 24.3 Å². The molecule has 2 N–H and O–H groups in total. The van der Waals surface area contributed by atoms with Crippen molar-refractivity contribution in [1.82, 2.24) is 10.3 Å². The summed E-state index contributed by atoms with van der Waals surface area (Å²) < 4.78 is 0. The fraction of sp³-hybridized carbons (Fsp3) is 0.267. The Hall–Kier alpha value is -1.58. The molecule has 1 atom stereocenters. The summed E-state index contributed by atoms with van der Waals surface area (Å²) in [6.07, 6.45) is 2.37. The molecule has 1 unspecified atom stereocenters. The standard InChI is InChI=1S/C15H17ClN2O/c1-11(7-12-3-2-4-13(16)8-12)17-9-14-5-6-15(19)10-18-14/h2-6,8,10-11,17,19H,7,9H2,1H3. The number of halogens is 1. The zero-order valence-electron chi connectivity index (χ0n) is 10.8. The third kappa shape index (κ3) is 4.54. The number of aromatic nitrogens is 1. The van der Waals surface area contributed by atoms with Crippen molar-refractivity contribution in [3.05, 3.63) is 58.9 Å². The van der Waals surface area contributed by atoms with Crippen LogP contribution in [0.1, 0.15) is 18.2 Å². The summed E-state index contributed by atoms with van der Waals surface area (Å²) in [7, 11) is 0. The highest BCUT2D eigenvalue weighted by Crippen LogP contribution is 2.12. The molecule has 0 aliphatic rings. The van der Waals surface area contributed by atoms with Gasteiger partial charge in [0.2, 0.25) is 0 Å². The summed E-state index contributed by atoms with van der Waals surface area (Å²) in [4.78, 5) is 4.14. The molecule has 0 fully saturated rings. The van der Waals surface area contributed by atoms with E-state index in [1.54, 1.807) is 6.07 Å². The molecular formula is C15H17ClN2O. The SMILES string of the molecule is CC(Cc1cccc(Cl)c1)NCc1ccc(O)cn1. The first-order chi connectivity index (χ1) is 9.13. The Morgan fingerprint density at radius 1 is 1.32 bits per heavy atom. The van der Waals surface area contributed by atoms with E-state index < -0.39 is 0 Å². The predicted octanol–water partition coefficient (Wildman–Crippen LogP) is 3.16. The van der Waals surface area contributed by atoms with Gasteiger partial charge in [0.1, 0.15) is 5.75 Å². The number of nitrogens with zero attached hydrogens (tertiary/aromatic N) is 1. The summed E-state index contributed by atoms with van der Waals surface area (Å²) in [5, 5.41) is 13.3. The fourth-order valence-corrected chi connectivity index (χ4v) is 2.10. The highest BCUT2D eigenvalue weighted by Gasteiger charge is 2.04. The van der Waals surface area contributed by atoms with Crippen LogP contribution in [0.3, 0.4) is 0 Å². The molecule has 0 aliphatic heterocycles. The lowest BCUT2D eigenvalue weighted by Crippen LogP contribution is -2.27. The Bertz CT molecular complexity index is 528. The molecule has 0 aliphatic carbocycles. The number of hydrogen-bond donors (Lipinski definition) is 2. The molecule has 0 spiro atoms. The average Bonchev–Trinajstić information content (AvgIpc) is 2.38. The van der Waals surface area contributed by atoms with Crippen molar-refractivity contribution >= 4 is 11.6 Å². The van der Waals surface area contributed by atoms with Crippen LogP contribution >= 0.6 is 11.6 Å². The van der Waals surface area contributed by atoms with Gasteiger partial charge in [-0.2, -0.15) is 0 Å². The second kappa shape index (κ2) is 6.55. The van der Waals surface area contributed by atoms with Crippen molar-refractivity contribution in [2.45, 2.75) is 25.9 Å². The fourth-order valence-electron chi connectivity index (χ4n) is 1.89. The topological polar surface area (TPSA) is 45.1 Å². The van der Waals surface area contributed by atoms with E-state index >= 15 is 0 Å². The molecule has 2 aromatic rings. The molecule has 1 aromatic heterocycles. The van der Waals surface area contributed by atoms with Crippen LogP contribution in [0, 0.1) is 0 Å². The summed E-state index contributed by atoms with van der Waals surface area (Å²) >= 11 is 5.96. The Morgan fingerprint density at radius 3 is 2.84 bits per heavy atom. The summed E-state index contributed by atoms with van der Waals surface area (Å²) in [5.74, 6) is 0.190. The van der Waals surface area contributed by atoms with Gasteiger partial charge in [0.15, 0.2) is 0 Å². The number of hydrogen-bond acceptors (Lipinski definition) is 3. The number of rotatable bonds is 5. The molecule has 0 radical (unpaired) electrons. The molecule has 2 rings (SSSR count). The van der Waals surface area contributed by atoms with Crippen molar-refractivity contribution in [1.29, 1.82) is 0 Å². The van der Waals surface area contributed by atoms with Crippen LogP contribution in [0.2, 0.25) is 5.02 Å². The van der Waals surface area contributed by atoms with Gasteiger partial charge in [0.25, 0.3) is 0 Å². The van der Waals surface area contributed by atoms with Gasteiger partial charge in [-0.25, -0.2) is 0 Å². The molecule has 4 heteroatoms. The zero-order valence-corrected chi connectivity index (χ0v) is 11.6. The van der Waals surface area contributed by atoms with Gasteiger partial charge >= 0.3 is 0 Å². The molecular weight excluding hydrogens is 260 g/mol.